The lowest BCUT2D eigenvalue weighted by Gasteiger charge is -2.61. The second-order valence-corrected chi connectivity index (χ2v) is 35.5. The average Bonchev–Trinajstić information content (AvgIpc) is 1.43. The third-order valence-corrected chi connectivity index (χ3v) is 30.0. The highest BCUT2D eigenvalue weighted by Gasteiger charge is 2.63. The number of hydrogen-bond acceptors (Lipinski definition) is 15. The number of nitrogens with two attached hydrogens (primary N) is 1. The van der Waals surface area contributed by atoms with Crippen molar-refractivity contribution in [1.82, 2.24) is 55.8 Å². The molecule has 0 aliphatic heterocycles. The summed E-state index contributed by atoms with van der Waals surface area (Å²) in [6, 6.07) is 11.4. The Morgan fingerprint density at radius 3 is 1.38 bits per heavy atom. The molecule has 104 heavy (non-hydrogen) atoms. The van der Waals surface area contributed by atoms with Crippen LogP contribution in [0, 0.1) is 92.7 Å². The lowest BCUT2D eigenvalue weighted by atomic mass is 9.44. The van der Waals surface area contributed by atoms with Crippen molar-refractivity contribution in [2.75, 3.05) is 31.1 Å². The number of benzene rings is 2. The zero-order chi connectivity index (χ0) is 73.4. The molecule has 8 fully saturated rings. The number of amides is 4. The largest absolute Gasteiger partial charge is 0.461 e. The van der Waals surface area contributed by atoms with Crippen molar-refractivity contribution in [2.45, 2.75) is 253 Å². The Hall–Kier alpha value is -6.00. The molecule has 8 saturated carbocycles. The highest BCUT2D eigenvalue weighted by atomic mass is 32.1. The fourth-order valence-electron chi connectivity index (χ4n) is 23.9. The first-order valence-electron chi connectivity index (χ1n) is 40.3. The van der Waals surface area contributed by atoms with Gasteiger partial charge in [0, 0.05) is 83.5 Å². The molecule has 6 N–H and O–H groups in total. The van der Waals surface area contributed by atoms with E-state index in [2.05, 4.69) is 150 Å². The first-order chi connectivity index (χ1) is 50.0. The molecule has 4 amide bonds. The zero-order valence-electron chi connectivity index (χ0n) is 63.4. The van der Waals surface area contributed by atoms with Crippen LogP contribution in [0.1, 0.15) is 209 Å². The van der Waals surface area contributed by atoms with Crippen LogP contribution in [0.3, 0.4) is 0 Å². The van der Waals surface area contributed by atoms with Crippen molar-refractivity contribution in [3.8, 4) is 22.5 Å². The minimum atomic E-state index is -0.610. The van der Waals surface area contributed by atoms with Crippen LogP contribution in [0.2, 0.25) is 0 Å². The third kappa shape index (κ3) is 15.2. The SMILES string of the molecule is CCCNC(=O)C(CS)NC(=O)CC[C@@H](C)C1CC[C@H]2[C@@H]3CC[C@H]4C[C@H](OC(=O)Cn5cc(-c6ccc7c8ccc(-c9cn(CC(=O)O[C@@H]%10CCC%11(C)C%12CCC%13(C)C([C@H](C)CCC(=O)N[C@@H](CS)C(=O)NCCC)CC[C@H]%13[C@@H]%12CC[C@@H]%11C%10)nn9)cc8n(CCN)c7c6)nn5)CCC4(C)C3CCC12C. The predicted molar refractivity (Wildman–Crippen MR) is 412 cm³/mol. The van der Waals surface area contributed by atoms with E-state index in [0.29, 0.717) is 121 Å². The van der Waals surface area contributed by atoms with E-state index in [9.17, 15) is 28.8 Å². The summed E-state index contributed by atoms with van der Waals surface area (Å²) in [4.78, 5) is 78.9. The van der Waals surface area contributed by atoms with Crippen LogP contribution in [-0.4, -0.2) is 126 Å². The summed E-state index contributed by atoms with van der Waals surface area (Å²) < 4.78 is 18.0. The van der Waals surface area contributed by atoms with Gasteiger partial charge < -0.3 is 41.0 Å². The lowest BCUT2D eigenvalue weighted by Crippen LogP contribution is -2.54. The van der Waals surface area contributed by atoms with E-state index in [-0.39, 0.29) is 94.0 Å². The normalized spacial score (nSPS) is 32.5. The van der Waals surface area contributed by atoms with Crippen molar-refractivity contribution in [2.24, 2.45) is 98.4 Å². The molecule has 568 valence electrons. The minimum Gasteiger partial charge on any atom is -0.461 e. The molecule has 22 heteroatoms. The van der Waals surface area contributed by atoms with Gasteiger partial charge in [-0.15, -0.1) is 10.2 Å². The molecule has 2 aromatic carbocycles. The van der Waals surface area contributed by atoms with Gasteiger partial charge in [0.25, 0.3) is 0 Å². The molecule has 8 aliphatic rings. The summed E-state index contributed by atoms with van der Waals surface area (Å²) in [5.74, 6) is 6.74. The van der Waals surface area contributed by atoms with Gasteiger partial charge in [-0.3, -0.25) is 28.8 Å². The number of thiol groups is 2. The zero-order valence-corrected chi connectivity index (χ0v) is 65.1. The second-order valence-electron chi connectivity index (χ2n) is 34.8. The van der Waals surface area contributed by atoms with Crippen LogP contribution in [0.4, 0.5) is 0 Å². The highest BCUT2D eigenvalue weighted by Crippen LogP contribution is 2.70. The summed E-state index contributed by atoms with van der Waals surface area (Å²) in [7, 11) is 0. The fourth-order valence-corrected chi connectivity index (χ4v) is 24.4. The number of carbonyl (C=O) groups excluding carboxylic acids is 6. The van der Waals surface area contributed by atoms with E-state index in [0.717, 1.165) is 97.1 Å². The lowest BCUT2D eigenvalue weighted by molar-refractivity contribution is -0.164. The van der Waals surface area contributed by atoms with Gasteiger partial charge in [0.2, 0.25) is 23.6 Å². The minimum absolute atomic E-state index is 0.0162. The van der Waals surface area contributed by atoms with E-state index in [1.165, 1.54) is 77.0 Å². The number of fused-ring (bicyclic) bond motifs is 13. The summed E-state index contributed by atoms with van der Waals surface area (Å²) in [5.41, 5.74) is 12.4. The average molecular weight is 1470 g/mol. The Balaban J connectivity index is 0.570. The van der Waals surface area contributed by atoms with Gasteiger partial charge in [-0.1, -0.05) is 90.1 Å². The van der Waals surface area contributed by atoms with Gasteiger partial charge in [0.1, 0.15) is 48.8 Å². The number of carbonyl (C=O) groups is 6. The maximum Gasteiger partial charge on any atom is 0.328 e. The third-order valence-electron chi connectivity index (χ3n) is 29.2. The van der Waals surface area contributed by atoms with Crippen LogP contribution in [0.15, 0.2) is 48.8 Å². The van der Waals surface area contributed by atoms with Crippen molar-refractivity contribution in [3.63, 3.8) is 0 Å². The van der Waals surface area contributed by atoms with Crippen molar-refractivity contribution < 1.29 is 38.2 Å². The summed E-state index contributed by atoms with van der Waals surface area (Å²) in [6.45, 7) is 21.1. The van der Waals surface area contributed by atoms with Crippen molar-refractivity contribution >= 4 is 82.6 Å². The molecule has 3 aromatic heterocycles. The highest BCUT2D eigenvalue weighted by molar-refractivity contribution is 7.80. The molecule has 20 atom stereocenters. The molecule has 13 rings (SSSR count). The number of nitrogens with zero attached hydrogens (tertiary/aromatic N) is 7. The smallest absolute Gasteiger partial charge is 0.328 e. The van der Waals surface area contributed by atoms with Gasteiger partial charge in [-0.25, -0.2) is 9.36 Å². The van der Waals surface area contributed by atoms with Crippen LogP contribution < -0.4 is 27.0 Å². The number of hydrogen-bond donors (Lipinski definition) is 7. The molecule has 0 spiro atoms. The van der Waals surface area contributed by atoms with Crippen LogP contribution in [-0.2, 0) is 57.9 Å². The van der Waals surface area contributed by atoms with E-state index in [1.54, 1.807) is 9.36 Å². The Bertz CT molecular complexity index is 3670. The number of rotatable bonds is 28. The van der Waals surface area contributed by atoms with Crippen molar-refractivity contribution in [3.05, 3.63) is 48.8 Å². The second kappa shape index (κ2) is 32.1. The van der Waals surface area contributed by atoms with Gasteiger partial charge in [0.05, 0.1) is 12.4 Å². The predicted octanol–water partition coefficient (Wildman–Crippen LogP) is 13.1. The van der Waals surface area contributed by atoms with Gasteiger partial charge in [0.15, 0.2) is 0 Å². The van der Waals surface area contributed by atoms with E-state index < -0.39 is 12.1 Å². The van der Waals surface area contributed by atoms with Crippen LogP contribution in [0.25, 0.3) is 44.3 Å². The Labute approximate surface area is 627 Å². The van der Waals surface area contributed by atoms with E-state index in [1.807, 2.05) is 26.2 Å². The summed E-state index contributed by atoms with van der Waals surface area (Å²) >= 11 is 8.71. The molecule has 0 saturated heterocycles. The Kier molecular flexibility index (Phi) is 23.5. The molecule has 9 unspecified atom stereocenters. The van der Waals surface area contributed by atoms with Gasteiger partial charge in [-0.05, 0) is 246 Å². The topological polar surface area (TPSA) is 261 Å². The summed E-state index contributed by atoms with van der Waals surface area (Å²) in [6.07, 6.45) is 28.0. The number of ether oxygens (including phenoxy) is 2. The standard InChI is InChI=1S/C82H120N12O8S2/c1-9-36-84-77(99)69(47-103)86-73(95)25-11-49(3)61-21-23-63-59-19-15-53-41-55(27-31-79(53,5)65(59)29-33-81(61,63)7)101-75(97)45-92-43-67(88-90-92)51-13-17-57-58-18-14-52(40-72(58)94(38-35-83)71(57)39-51)68-44-93(91-89-68)46-76(98)102-56-28-32-80(6)54(42-56)16-20-60-64-24-22-62(82(64,8)34-30-66(60)80)50(4)12-26-74(96)87-70(48-104)78(100)85-37-10-2/h13-14,17-18,39-40,43-44,49-50,53-56,59-66,69-70,103-104H,9-12,15-16,19-38,41-42,45-48,83H2,1-8H3,(H,84,99)(H,85,100)(H,86,95)(H,87,96)/t49-,50-,53-,54+,55-,56-,59+,60+,61?,62?,63+,64+,65?,66?,69+,70?,79?,80?,81?,82?/m1/s1. The first-order valence-corrected chi connectivity index (χ1v) is 41.6. The van der Waals surface area contributed by atoms with Crippen molar-refractivity contribution in [1.29, 1.82) is 0 Å². The maximum atomic E-state index is 13.8. The molecule has 8 aliphatic carbocycles. The Morgan fingerprint density at radius 1 is 0.558 bits per heavy atom. The number of esters is 2. The molecule has 0 bridgehead atoms. The van der Waals surface area contributed by atoms with E-state index in [4.69, 9.17) is 15.2 Å². The Morgan fingerprint density at radius 2 is 0.971 bits per heavy atom. The monoisotopic (exact) mass is 1460 g/mol. The first kappa shape index (κ1) is 76.2. The summed E-state index contributed by atoms with van der Waals surface area (Å²) in [5, 5.41) is 31.8. The quantitative estimate of drug-likeness (QED) is 0.0182. The molecule has 20 nitrogen and oxygen atoms in total. The number of aromatic nitrogens is 7. The fraction of sp³-hybridized carbons (Fsp3) is 0.732. The molecule has 5 aromatic rings. The maximum absolute atomic E-state index is 13.8. The van der Waals surface area contributed by atoms with Gasteiger partial charge >= 0.3 is 11.9 Å². The molecule has 3 heterocycles. The molecular weight excluding hydrogens is 1350 g/mol. The van der Waals surface area contributed by atoms with Crippen LogP contribution in [0.5, 0.6) is 0 Å². The van der Waals surface area contributed by atoms with Gasteiger partial charge in [-0.2, -0.15) is 25.3 Å². The van der Waals surface area contributed by atoms with Crippen LogP contribution >= 0.6 is 25.3 Å². The molecule has 0 radical (unpaired) electrons. The molecular formula is C82H120N12O8S2. The number of nitrogens with one attached hydrogen (secondary N) is 4. The van der Waals surface area contributed by atoms with E-state index >= 15 is 0 Å².